The molecule has 5 heteroatoms. The van der Waals surface area contributed by atoms with Crippen LogP contribution in [0.1, 0.15) is 16.2 Å². The average Bonchev–Trinajstić information content (AvgIpc) is 2.56. The van der Waals surface area contributed by atoms with E-state index in [0.717, 1.165) is 5.69 Å². The standard InChI is InChI=1S/C10H14N2O3/c1-12-7(9(13)15-2)3-4-8(12)10(14)5-11-6-10/h3-4,11,14H,5-6H2,1-2H3. The summed E-state index contributed by atoms with van der Waals surface area (Å²) in [6, 6.07) is 3.42. The fraction of sp³-hybridized carbons (Fsp3) is 0.500. The molecule has 0 unspecified atom stereocenters. The largest absolute Gasteiger partial charge is 0.464 e. The lowest BCUT2D eigenvalue weighted by Crippen LogP contribution is -2.57. The van der Waals surface area contributed by atoms with Crippen molar-refractivity contribution in [2.24, 2.45) is 7.05 Å². The molecule has 1 aromatic heterocycles. The van der Waals surface area contributed by atoms with Crippen LogP contribution >= 0.6 is 0 Å². The van der Waals surface area contributed by atoms with Crippen LogP contribution in [0.25, 0.3) is 0 Å². The number of nitrogens with one attached hydrogen (secondary N) is 1. The minimum atomic E-state index is -0.846. The van der Waals surface area contributed by atoms with Gasteiger partial charge in [0.1, 0.15) is 11.3 Å². The molecule has 5 nitrogen and oxygen atoms in total. The van der Waals surface area contributed by atoms with Gasteiger partial charge in [-0.3, -0.25) is 0 Å². The van der Waals surface area contributed by atoms with E-state index in [0.29, 0.717) is 18.8 Å². The number of hydrogen-bond acceptors (Lipinski definition) is 4. The summed E-state index contributed by atoms with van der Waals surface area (Å²) in [4.78, 5) is 11.3. The lowest BCUT2D eigenvalue weighted by molar-refractivity contribution is -0.0210. The van der Waals surface area contributed by atoms with Gasteiger partial charge in [-0.1, -0.05) is 0 Å². The van der Waals surface area contributed by atoms with E-state index in [1.165, 1.54) is 7.11 Å². The first-order valence-electron chi connectivity index (χ1n) is 4.76. The summed E-state index contributed by atoms with van der Waals surface area (Å²) in [6.45, 7) is 1.04. The van der Waals surface area contributed by atoms with E-state index in [9.17, 15) is 9.90 Å². The number of carbonyl (C=O) groups is 1. The van der Waals surface area contributed by atoms with E-state index in [4.69, 9.17) is 0 Å². The van der Waals surface area contributed by atoms with Crippen molar-refractivity contribution >= 4 is 5.97 Å². The number of methoxy groups -OCH3 is 1. The van der Waals surface area contributed by atoms with Crippen LogP contribution in [-0.4, -0.2) is 35.8 Å². The molecular weight excluding hydrogens is 196 g/mol. The van der Waals surface area contributed by atoms with Gasteiger partial charge in [0.25, 0.3) is 0 Å². The Morgan fingerprint density at radius 2 is 2.27 bits per heavy atom. The molecule has 15 heavy (non-hydrogen) atoms. The molecule has 0 aromatic carbocycles. The number of rotatable bonds is 2. The quantitative estimate of drug-likeness (QED) is 0.652. The first kappa shape index (κ1) is 10.2. The second kappa shape index (κ2) is 3.36. The Kier molecular flexibility index (Phi) is 2.28. The fourth-order valence-electron chi connectivity index (χ4n) is 1.83. The van der Waals surface area contributed by atoms with Crippen molar-refractivity contribution < 1.29 is 14.6 Å². The first-order valence-corrected chi connectivity index (χ1v) is 4.76. The van der Waals surface area contributed by atoms with Gasteiger partial charge in [0.15, 0.2) is 0 Å². The van der Waals surface area contributed by atoms with Crippen molar-refractivity contribution in [3.63, 3.8) is 0 Å². The Balaban J connectivity index is 2.35. The Morgan fingerprint density at radius 1 is 1.60 bits per heavy atom. The molecule has 82 valence electrons. The van der Waals surface area contributed by atoms with Crippen molar-refractivity contribution in [3.05, 3.63) is 23.5 Å². The van der Waals surface area contributed by atoms with E-state index < -0.39 is 5.60 Å². The highest BCUT2D eigenvalue weighted by Crippen LogP contribution is 2.26. The highest BCUT2D eigenvalue weighted by molar-refractivity contribution is 5.87. The van der Waals surface area contributed by atoms with E-state index in [-0.39, 0.29) is 5.97 Å². The van der Waals surface area contributed by atoms with Gasteiger partial charge in [-0.2, -0.15) is 0 Å². The summed E-state index contributed by atoms with van der Waals surface area (Å²) in [6.07, 6.45) is 0. The fourth-order valence-corrected chi connectivity index (χ4v) is 1.83. The summed E-state index contributed by atoms with van der Waals surface area (Å²) in [5, 5.41) is 13.1. The lowest BCUT2D eigenvalue weighted by atomic mass is 9.93. The van der Waals surface area contributed by atoms with Crippen LogP contribution in [0, 0.1) is 0 Å². The van der Waals surface area contributed by atoms with Crippen molar-refractivity contribution in [1.82, 2.24) is 9.88 Å². The predicted octanol–water partition coefficient (Wildman–Crippen LogP) is -0.398. The van der Waals surface area contributed by atoms with Gasteiger partial charge in [-0.25, -0.2) is 4.79 Å². The van der Waals surface area contributed by atoms with Crippen LogP contribution < -0.4 is 5.32 Å². The Hall–Kier alpha value is -1.33. The maximum atomic E-state index is 11.3. The van der Waals surface area contributed by atoms with Gasteiger partial charge in [0.05, 0.1) is 12.8 Å². The molecular formula is C10H14N2O3. The van der Waals surface area contributed by atoms with E-state index in [1.54, 1.807) is 23.7 Å². The molecule has 0 atom stereocenters. The topological polar surface area (TPSA) is 63.5 Å². The van der Waals surface area contributed by atoms with Crippen LogP contribution in [-0.2, 0) is 17.4 Å². The SMILES string of the molecule is COC(=O)c1ccc(C2(O)CNC2)n1C. The summed E-state index contributed by atoms with van der Waals surface area (Å²) < 4.78 is 6.31. The number of carbonyl (C=O) groups excluding carboxylic acids is 1. The van der Waals surface area contributed by atoms with Gasteiger partial charge < -0.3 is 19.7 Å². The molecule has 0 saturated carbocycles. The first-order chi connectivity index (χ1) is 7.08. The van der Waals surface area contributed by atoms with Crippen molar-refractivity contribution in [3.8, 4) is 0 Å². The number of nitrogens with zero attached hydrogens (tertiary/aromatic N) is 1. The zero-order chi connectivity index (χ0) is 11.1. The van der Waals surface area contributed by atoms with Gasteiger partial charge in [0.2, 0.25) is 0 Å². The maximum Gasteiger partial charge on any atom is 0.354 e. The van der Waals surface area contributed by atoms with Crippen LogP contribution in [0.15, 0.2) is 12.1 Å². The van der Waals surface area contributed by atoms with Gasteiger partial charge >= 0.3 is 5.97 Å². The lowest BCUT2D eigenvalue weighted by Gasteiger charge is -2.38. The number of hydrogen-bond donors (Lipinski definition) is 2. The Morgan fingerprint density at radius 3 is 2.73 bits per heavy atom. The summed E-state index contributed by atoms with van der Waals surface area (Å²) in [5.41, 5.74) is 0.343. The van der Waals surface area contributed by atoms with Crippen molar-refractivity contribution in [2.75, 3.05) is 20.2 Å². The number of aromatic nitrogens is 1. The summed E-state index contributed by atoms with van der Waals surface area (Å²) >= 11 is 0. The molecule has 1 aromatic rings. The second-order valence-electron chi connectivity index (χ2n) is 3.79. The highest BCUT2D eigenvalue weighted by atomic mass is 16.5. The number of ether oxygens (including phenoxy) is 1. The third kappa shape index (κ3) is 1.44. The molecule has 1 aliphatic rings. The monoisotopic (exact) mass is 210 g/mol. The van der Waals surface area contributed by atoms with Crippen molar-refractivity contribution in [2.45, 2.75) is 5.60 Å². The normalized spacial score (nSPS) is 18.3. The molecule has 2 rings (SSSR count). The van der Waals surface area contributed by atoms with Crippen LogP contribution in [0.5, 0.6) is 0 Å². The third-order valence-electron chi connectivity index (χ3n) is 2.83. The van der Waals surface area contributed by atoms with Gasteiger partial charge in [0, 0.05) is 20.1 Å². The zero-order valence-corrected chi connectivity index (χ0v) is 8.78. The third-order valence-corrected chi connectivity index (χ3v) is 2.83. The Bertz CT molecular complexity index is 393. The molecule has 0 amide bonds. The van der Waals surface area contributed by atoms with Crippen LogP contribution in [0.4, 0.5) is 0 Å². The molecule has 0 radical (unpaired) electrons. The number of β-amino-alcohol motifs (C(OH)–C–C–N with tert-alkyl or cyclic N) is 1. The predicted molar refractivity (Wildman–Crippen MR) is 53.5 cm³/mol. The van der Waals surface area contributed by atoms with Crippen LogP contribution in [0.2, 0.25) is 0 Å². The minimum Gasteiger partial charge on any atom is -0.464 e. The molecule has 0 spiro atoms. The smallest absolute Gasteiger partial charge is 0.354 e. The van der Waals surface area contributed by atoms with Gasteiger partial charge in [-0.15, -0.1) is 0 Å². The average molecular weight is 210 g/mol. The molecule has 1 aliphatic heterocycles. The number of aliphatic hydroxyl groups is 1. The summed E-state index contributed by atoms with van der Waals surface area (Å²) in [5.74, 6) is -0.389. The highest BCUT2D eigenvalue weighted by Gasteiger charge is 2.39. The maximum absolute atomic E-state index is 11.3. The Labute approximate surface area is 87.7 Å². The van der Waals surface area contributed by atoms with E-state index in [1.807, 2.05) is 0 Å². The van der Waals surface area contributed by atoms with E-state index in [2.05, 4.69) is 10.1 Å². The van der Waals surface area contributed by atoms with Crippen molar-refractivity contribution in [1.29, 1.82) is 0 Å². The number of esters is 1. The zero-order valence-electron chi connectivity index (χ0n) is 8.78. The molecule has 1 saturated heterocycles. The molecule has 2 N–H and O–H groups in total. The van der Waals surface area contributed by atoms with E-state index >= 15 is 0 Å². The molecule has 1 fully saturated rings. The van der Waals surface area contributed by atoms with Gasteiger partial charge in [-0.05, 0) is 12.1 Å². The minimum absolute atomic E-state index is 0.389. The second-order valence-corrected chi connectivity index (χ2v) is 3.79. The molecule has 0 aliphatic carbocycles. The van der Waals surface area contributed by atoms with Crippen LogP contribution in [0.3, 0.4) is 0 Å². The molecule has 0 bridgehead atoms. The molecule has 2 heterocycles. The summed E-state index contributed by atoms with van der Waals surface area (Å²) in [7, 11) is 3.09.